The first-order valence-corrected chi connectivity index (χ1v) is 19.1. The van der Waals surface area contributed by atoms with Crippen LogP contribution in [0.25, 0.3) is 71.8 Å². The highest BCUT2D eigenvalue weighted by molar-refractivity contribution is 6.19. The van der Waals surface area contributed by atoms with Gasteiger partial charge >= 0.3 is 0 Å². The van der Waals surface area contributed by atoms with Crippen LogP contribution in [0.3, 0.4) is 0 Å². The molecule has 3 aromatic heterocycles. The molecule has 0 amide bonds. The van der Waals surface area contributed by atoms with Gasteiger partial charge in [0.25, 0.3) is 0 Å². The normalized spacial score (nSPS) is 12.9. The molecule has 0 N–H and O–H groups in total. The van der Waals surface area contributed by atoms with Crippen LogP contribution in [0.1, 0.15) is 12.8 Å². The van der Waals surface area contributed by atoms with Crippen molar-refractivity contribution in [1.29, 1.82) is 0 Å². The van der Waals surface area contributed by atoms with Crippen LogP contribution < -0.4 is 4.90 Å². The molecule has 6 nitrogen and oxygen atoms in total. The first-order chi connectivity index (χ1) is 27.8. The molecule has 0 radical (unpaired) electrons. The maximum Gasteiger partial charge on any atom is 0.0762 e. The van der Waals surface area contributed by atoms with Gasteiger partial charge in [-0.15, -0.1) is 0 Å². The van der Waals surface area contributed by atoms with Gasteiger partial charge in [-0.05, 0) is 127 Å². The Labute approximate surface area is 324 Å². The minimum atomic E-state index is 0.994. The Kier molecular flexibility index (Phi) is 7.52. The number of allylic oxidation sites excluding steroid dienone is 4. The fourth-order valence-corrected chi connectivity index (χ4v) is 8.41. The first-order valence-electron chi connectivity index (χ1n) is 19.1. The van der Waals surface area contributed by atoms with Crippen LogP contribution in [0.15, 0.2) is 200 Å². The zero-order valence-corrected chi connectivity index (χ0v) is 30.6. The SMILES string of the molecule is C1=CCCC(N(c2ccccc2)c2ccc(-n3c4ccc(-c5ccc6c(cnn6-c6ccccc6)c5)cc4c4ccc5c(cnn5-c5ccccc5)c43)cc2)=C1. The molecule has 7 aromatic carbocycles. The molecule has 0 atom stereocenters. The third kappa shape index (κ3) is 5.26. The molecule has 1 aliphatic rings. The molecular weight excluding hydrogens is 685 g/mol. The van der Waals surface area contributed by atoms with E-state index in [-0.39, 0.29) is 0 Å². The topological polar surface area (TPSA) is 43.8 Å². The van der Waals surface area contributed by atoms with E-state index in [2.05, 4.69) is 167 Å². The van der Waals surface area contributed by atoms with Crippen LogP contribution in [0.2, 0.25) is 0 Å². The molecule has 0 spiro atoms. The molecule has 0 bridgehead atoms. The standard InChI is InChI=1S/C50H36N6/c1-5-13-38(14-6-1)53(39-15-7-2-8-16-39)40-23-25-41(26-24-40)54-48-29-22-36(35-21-28-47-37(31-35)33-51-55(47)42-17-9-3-10-18-42)32-45(48)44-27-30-49-46(50(44)54)34-52-56(49)43-19-11-4-12-20-43/h1-7,9-15,17-34H,8,16H2. The van der Waals surface area contributed by atoms with E-state index in [0.717, 1.165) is 85.2 Å². The van der Waals surface area contributed by atoms with Crippen LogP contribution in [-0.2, 0) is 0 Å². The predicted molar refractivity (Wildman–Crippen MR) is 231 cm³/mol. The van der Waals surface area contributed by atoms with Crippen molar-refractivity contribution < 1.29 is 0 Å². The van der Waals surface area contributed by atoms with E-state index in [4.69, 9.17) is 10.2 Å². The summed E-state index contributed by atoms with van der Waals surface area (Å²) in [4.78, 5) is 2.38. The highest BCUT2D eigenvalue weighted by Gasteiger charge is 2.20. The van der Waals surface area contributed by atoms with Gasteiger partial charge in [-0.1, -0.05) is 78.9 Å². The Morgan fingerprint density at radius 3 is 1.82 bits per heavy atom. The van der Waals surface area contributed by atoms with Crippen molar-refractivity contribution in [3.63, 3.8) is 0 Å². The number of benzene rings is 7. The zero-order valence-electron chi connectivity index (χ0n) is 30.6. The fourth-order valence-electron chi connectivity index (χ4n) is 8.41. The number of nitrogens with zero attached hydrogens (tertiary/aromatic N) is 6. The molecule has 266 valence electrons. The van der Waals surface area contributed by atoms with E-state index in [9.17, 15) is 0 Å². The molecule has 3 heterocycles. The van der Waals surface area contributed by atoms with E-state index < -0.39 is 0 Å². The first kappa shape index (κ1) is 32.0. The van der Waals surface area contributed by atoms with Gasteiger partial charge in [-0.25, -0.2) is 9.36 Å². The van der Waals surface area contributed by atoms with Crippen molar-refractivity contribution in [2.24, 2.45) is 0 Å². The molecule has 0 unspecified atom stereocenters. The van der Waals surface area contributed by atoms with Crippen LogP contribution in [0, 0.1) is 0 Å². The summed E-state index contributed by atoms with van der Waals surface area (Å²) in [7, 11) is 0. The van der Waals surface area contributed by atoms with Gasteiger partial charge in [0.1, 0.15) is 0 Å². The van der Waals surface area contributed by atoms with E-state index in [1.165, 1.54) is 16.5 Å². The summed E-state index contributed by atoms with van der Waals surface area (Å²) >= 11 is 0. The smallest absolute Gasteiger partial charge is 0.0762 e. The maximum atomic E-state index is 4.94. The van der Waals surface area contributed by atoms with Gasteiger partial charge in [0, 0.05) is 44.3 Å². The molecule has 0 fully saturated rings. The molecule has 6 heteroatoms. The summed E-state index contributed by atoms with van der Waals surface area (Å²) in [5.74, 6) is 0. The lowest BCUT2D eigenvalue weighted by Gasteiger charge is -2.29. The van der Waals surface area contributed by atoms with Gasteiger partial charge in [-0.3, -0.25) is 0 Å². The Balaban J connectivity index is 1.08. The third-order valence-electron chi connectivity index (χ3n) is 11.0. The average Bonchev–Trinajstić information content (AvgIpc) is 3.99. The zero-order chi connectivity index (χ0) is 37.0. The minimum Gasteiger partial charge on any atom is -0.314 e. The Bertz CT molecular complexity index is 3110. The lowest BCUT2D eigenvalue weighted by molar-refractivity contribution is 0.911. The summed E-state index contributed by atoms with van der Waals surface area (Å²) in [6.07, 6.45) is 12.7. The molecule has 56 heavy (non-hydrogen) atoms. The van der Waals surface area contributed by atoms with Gasteiger partial charge in [-0.2, -0.15) is 10.2 Å². The number of rotatable bonds is 7. The van der Waals surface area contributed by atoms with Crippen LogP contribution >= 0.6 is 0 Å². The highest BCUT2D eigenvalue weighted by atomic mass is 15.3. The van der Waals surface area contributed by atoms with Crippen LogP contribution in [0.5, 0.6) is 0 Å². The van der Waals surface area contributed by atoms with Crippen LogP contribution in [0.4, 0.5) is 11.4 Å². The predicted octanol–water partition coefficient (Wildman–Crippen LogP) is 12.5. The third-order valence-corrected chi connectivity index (χ3v) is 11.0. The number of aromatic nitrogens is 5. The Hall–Kier alpha value is -7.44. The van der Waals surface area contributed by atoms with Crippen molar-refractivity contribution in [3.8, 4) is 28.2 Å². The summed E-state index contributed by atoms with van der Waals surface area (Å²) in [6.45, 7) is 0. The number of hydrogen-bond acceptors (Lipinski definition) is 3. The summed E-state index contributed by atoms with van der Waals surface area (Å²) in [5, 5.41) is 14.3. The number of hydrogen-bond donors (Lipinski definition) is 0. The van der Waals surface area contributed by atoms with Crippen LogP contribution in [-0.4, -0.2) is 24.1 Å². The lowest BCUT2D eigenvalue weighted by Crippen LogP contribution is -2.17. The average molecular weight is 721 g/mol. The Morgan fingerprint density at radius 1 is 0.482 bits per heavy atom. The second-order valence-corrected chi connectivity index (χ2v) is 14.3. The molecule has 0 saturated heterocycles. The molecule has 11 rings (SSSR count). The van der Waals surface area contributed by atoms with E-state index in [1.807, 2.05) is 46.0 Å². The van der Waals surface area contributed by atoms with Crippen molar-refractivity contribution >= 4 is 55.0 Å². The molecule has 0 aliphatic heterocycles. The largest absolute Gasteiger partial charge is 0.314 e. The van der Waals surface area contributed by atoms with Crippen molar-refractivity contribution in [2.75, 3.05) is 4.90 Å². The highest BCUT2D eigenvalue weighted by Crippen LogP contribution is 2.40. The molecule has 0 saturated carbocycles. The van der Waals surface area contributed by atoms with E-state index >= 15 is 0 Å². The van der Waals surface area contributed by atoms with Gasteiger partial charge in [0.05, 0.1) is 45.8 Å². The van der Waals surface area contributed by atoms with Crippen molar-refractivity contribution in [2.45, 2.75) is 12.8 Å². The Morgan fingerprint density at radius 2 is 1.11 bits per heavy atom. The second kappa shape index (κ2) is 13.1. The van der Waals surface area contributed by atoms with Crippen molar-refractivity contribution in [1.82, 2.24) is 24.1 Å². The second-order valence-electron chi connectivity index (χ2n) is 14.3. The molecule has 10 aromatic rings. The molecule has 1 aliphatic carbocycles. The van der Waals surface area contributed by atoms with Crippen molar-refractivity contribution in [3.05, 3.63) is 200 Å². The van der Waals surface area contributed by atoms with Gasteiger partial charge in [0.2, 0.25) is 0 Å². The number of anilines is 2. The number of para-hydroxylation sites is 3. The quantitative estimate of drug-likeness (QED) is 0.165. The van der Waals surface area contributed by atoms with E-state index in [1.54, 1.807) is 0 Å². The minimum absolute atomic E-state index is 0.994. The molecular formula is C50H36N6. The number of fused-ring (bicyclic) bond motifs is 6. The van der Waals surface area contributed by atoms with E-state index in [0.29, 0.717) is 0 Å². The summed E-state index contributed by atoms with van der Waals surface area (Å²) in [6, 6.07) is 58.4. The fraction of sp³-hybridized carbons (Fsp3) is 0.0400. The summed E-state index contributed by atoms with van der Waals surface area (Å²) < 4.78 is 6.46. The van der Waals surface area contributed by atoms with Gasteiger partial charge < -0.3 is 9.47 Å². The summed E-state index contributed by atoms with van der Waals surface area (Å²) in [5.41, 5.74) is 13.5. The monoisotopic (exact) mass is 720 g/mol. The van der Waals surface area contributed by atoms with Gasteiger partial charge in [0.15, 0.2) is 0 Å². The lowest BCUT2D eigenvalue weighted by atomic mass is 10.0. The maximum absolute atomic E-state index is 4.94.